The van der Waals surface area contributed by atoms with Gasteiger partial charge >= 0.3 is 0 Å². The molecule has 63 valence electrons. The van der Waals surface area contributed by atoms with Crippen LogP contribution in [0.4, 0.5) is 0 Å². The van der Waals surface area contributed by atoms with Crippen molar-refractivity contribution in [3.63, 3.8) is 0 Å². The van der Waals surface area contributed by atoms with E-state index in [1.165, 1.54) is 0 Å². The SMILES string of the molecule is CCN1CCC(C([NH])=O)CC1. The lowest BCUT2D eigenvalue weighted by Gasteiger charge is -2.28. The van der Waals surface area contributed by atoms with Gasteiger partial charge in [-0.15, -0.1) is 0 Å². The molecule has 11 heavy (non-hydrogen) atoms. The summed E-state index contributed by atoms with van der Waals surface area (Å²) in [6.45, 7) is 5.18. The van der Waals surface area contributed by atoms with Crippen LogP contribution >= 0.6 is 0 Å². The first-order valence-corrected chi connectivity index (χ1v) is 4.22. The highest BCUT2D eigenvalue weighted by molar-refractivity contribution is 5.75. The lowest BCUT2D eigenvalue weighted by Crippen LogP contribution is -2.36. The second-order valence-corrected chi connectivity index (χ2v) is 3.07. The van der Waals surface area contributed by atoms with Crippen LogP contribution in [-0.2, 0) is 4.79 Å². The Bertz CT molecular complexity index is 139. The number of hydrogen-bond donors (Lipinski definition) is 0. The zero-order valence-electron chi connectivity index (χ0n) is 6.97. The van der Waals surface area contributed by atoms with Gasteiger partial charge in [-0.25, -0.2) is 0 Å². The molecule has 0 spiro atoms. The van der Waals surface area contributed by atoms with E-state index in [0.717, 1.165) is 32.5 Å². The maximum Gasteiger partial charge on any atom is 0.241 e. The first-order valence-electron chi connectivity index (χ1n) is 4.22. The Morgan fingerprint density at radius 3 is 2.45 bits per heavy atom. The van der Waals surface area contributed by atoms with E-state index in [1.807, 2.05) is 0 Å². The Kier molecular flexibility index (Phi) is 2.88. The summed E-state index contributed by atoms with van der Waals surface area (Å²) in [4.78, 5) is 13.0. The summed E-state index contributed by atoms with van der Waals surface area (Å²) in [6, 6.07) is 0. The molecule has 1 heterocycles. The van der Waals surface area contributed by atoms with Gasteiger partial charge in [-0.3, -0.25) is 10.5 Å². The molecule has 3 heteroatoms. The molecule has 1 N–H and O–H groups in total. The molecule has 1 amide bonds. The normalized spacial score (nSPS) is 21.9. The van der Waals surface area contributed by atoms with Crippen molar-refractivity contribution in [2.75, 3.05) is 19.6 Å². The second-order valence-electron chi connectivity index (χ2n) is 3.07. The topological polar surface area (TPSA) is 44.1 Å². The number of likely N-dealkylation sites (tertiary alicyclic amines) is 1. The molecule has 1 fully saturated rings. The van der Waals surface area contributed by atoms with E-state index in [2.05, 4.69) is 11.8 Å². The van der Waals surface area contributed by atoms with E-state index in [4.69, 9.17) is 5.73 Å². The van der Waals surface area contributed by atoms with Crippen LogP contribution in [0.1, 0.15) is 19.8 Å². The largest absolute Gasteiger partial charge is 0.304 e. The minimum Gasteiger partial charge on any atom is -0.304 e. The Morgan fingerprint density at radius 2 is 2.09 bits per heavy atom. The maximum atomic E-state index is 10.6. The summed E-state index contributed by atoms with van der Waals surface area (Å²) >= 11 is 0. The van der Waals surface area contributed by atoms with Crippen LogP contribution in [0.15, 0.2) is 0 Å². The minimum absolute atomic E-state index is 0.0257. The fraction of sp³-hybridized carbons (Fsp3) is 0.875. The van der Waals surface area contributed by atoms with Gasteiger partial charge < -0.3 is 4.90 Å². The zero-order valence-corrected chi connectivity index (χ0v) is 6.97. The van der Waals surface area contributed by atoms with E-state index in [9.17, 15) is 4.79 Å². The van der Waals surface area contributed by atoms with Crippen molar-refractivity contribution in [1.82, 2.24) is 10.6 Å². The number of nitrogens with zero attached hydrogens (tertiary/aromatic N) is 1. The Labute approximate surface area is 67.5 Å². The average molecular weight is 155 g/mol. The fourth-order valence-corrected chi connectivity index (χ4v) is 1.51. The van der Waals surface area contributed by atoms with Gasteiger partial charge in [-0.2, -0.15) is 0 Å². The van der Waals surface area contributed by atoms with Crippen molar-refractivity contribution in [3.05, 3.63) is 0 Å². The third-order valence-corrected chi connectivity index (χ3v) is 2.41. The standard InChI is InChI=1S/C8H15N2O/c1-2-10-5-3-7(4-6-10)8(9)11/h7,9H,2-6H2,1H3. The average Bonchev–Trinajstić information content (AvgIpc) is 2.05. The van der Waals surface area contributed by atoms with Crippen molar-refractivity contribution < 1.29 is 4.79 Å². The Morgan fingerprint density at radius 1 is 1.55 bits per heavy atom. The van der Waals surface area contributed by atoms with Crippen molar-refractivity contribution >= 4 is 5.91 Å². The van der Waals surface area contributed by atoms with Gasteiger partial charge in [0.05, 0.1) is 0 Å². The molecule has 0 aromatic carbocycles. The molecule has 0 atom stereocenters. The molecule has 3 nitrogen and oxygen atoms in total. The zero-order chi connectivity index (χ0) is 8.27. The van der Waals surface area contributed by atoms with E-state index in [1.54, 1.807) is 0 Å². The molecule has 1 rings (SSSR count). The van der Waals surface area contributed by atoms with Gasteiger partial charge in [-0.05, 0) is 32.5 Å². The van der Waals surface area contributed by atoms with Gasteiger partial charge in [0, 0.05) is 5.92 Å². The van der Waals surface area contributed by atoms with Crippen LogP contribution in [0.2, 0.25) is 0 Å². The van der Waals surface area contributed by atoms with Gasteiger partial charge in [-0.1, -0.05) is 6.92 Å². The van der Waals surface area contributed by atoms with Crippen molar-refractivity contribution in [2.45, 2.75) is 19.8 Å². The molecule has 1 radical (unpaired) electrons. The molecule has 0 aromatic rings. The smallest absolute Gasteiger partial charge is 0.241 e. The number of amides is 1. The summed E-state index contributed by atoms with van der Waals surface area (Å²) in [5, 5.41) is 0. The molecule has 1 saturated heterocycles. The van der Waals surface area contributed by atoms with Crippen LogP contribution in [0.25, 0.3) is 0 Å². The Balaban J connectivity index is 2.30. The lowest BCUT2D eigenvalue weighted by molar-refractivity contribution is -0.123. The monoisotopic (exact) mass is 155 g/mol. The number of rotatable bonds is 2. The number of carbonyl (C=O) groups is 1. The molecular weight excluding hydrogens is 140 g/mol. The fourth-order valence-electron chi connectivity index (χ4n) is 1.51. The summed E-state index contributed by atoms with van der Waals surface area (Å²) in [5.41, 5.74) is 6.94. The van der Waals surface area contributed by atoms with Crippen LogP contribution in [0, 0.1) is 5.92 Å². The van der Waals surface area contributed by atoms with Gasteiger partial charge in [0.15, 0.2) is 0 Å². The molecule has 0 bridgehead atoms. The minimum atomic E-state index is -0.374. The highest BCUT2D eigenvalue weighted by Crippen LogP contribution is 2.16. The van der Waals surface area contributed by atoms with Crippen LogP contribution in [0.3, 0.4) is 0 Å². The number of hydrogen-bond acceptors (Lipinski definition) is 2. The summed E-state index contributed by atoms with van der Waals surface area (Å²) < 4.78 is 0. The molecule has 1 aliphatic rings. The van der Waals surface area contributed by atoms with Gasteiger partial charge in [0.1, 0.15) is 0 Å². The second kappa shape index (κ2) is 3.72. The van der Waals surface area contributed by atoms with E-state index >= 15 is 0 Å². The quantitative estimate of drug-likeness (QED) is 0.583. The Hall–Kier alpha value is -0.570. The van der Waals surface area contributed by atoms with Crippen molar-refractivity contribution in [1.29, 1.82) is 0 Å². The molecule has 0 aliphatic carbocycles. The van der Waals surface area contributed by atoms with Gasteiger partial charge in [0.2, 0.25) is 5.91 Å². The predicted octanol–water partition coefficient (Wildman–Crippen LogP) is 0.528. The van der Waals surface area contributed by atoms with Crippen LogP contribution in [-0.4, -0.2) is 30.4 Å². The predicted molar refractivity (Wildman–Crippen MR) is 42.9 cm³/mol. The number of carbonyl (C=O) groups excluding carboxylic acids is 1. The highest BCUT2D eigenvalue weighted by atomic mass is 16.1. The lowest BCUT2D eigenvalue weighted by atomic mass is 9.96. The molecular formula is C8H15N2O. The third kappa shape index (κ3) is 2.19. The number of nitrogens with one attached hydrogen (secondary N) is 1. The molecule has 0 saturated carbocycles. The van der Waals surface area contributed by atoms with E-state index in [-0.39, 0.29) is 11.8 Å². The molecule has 0 unspecified atom stereocenters. The summed E-state index contributed by atoms with van der Waals surface area (Å²) in [7, 11) is 0. The van der Waals surface area contributed by atoms with Crippen molar-refractivity contribution in [3.8, 4) is 0 Å². The van der Waals surface area contributed by atoms with E-state index < -0.39 is 0 Å². The summed E-state index contributed by atoms with van der Waals surface area (Å²) in [6.07, 6.45) is 1.77. The molecule has 0 aromatic heterocycles. The summed E-state index contributed by atoms with van der Waals surface area (Å²) in [5.74, 6) is -0.349. The first-order chi connectivity index (χ1) is 5.24. The first kappa shape index (κ1) is 8.53. The highest BCUT2D eigenvalue weighted by Gasteiger charge is 2.22. The molecule has 1 aliphatic heterocycles. The van der Waals surface area contributed by atoms with Gasteiger partial charge in [0.25, 0.3) is 0 Å². The van der Waals surface area contributed by atoms with Crippen LogP contribution < -0.4 is 5.73 Å². The van der Waals surface area contributed by atoms with Crippen LogP contribution in [0.5, 0.6) is 0 Å². The third-order valence-electron chi connectivity index (χ3n) is 2.41. The van der Waals surface area contributed by atoms with Crippen molar-refractivity contribution in [2.24, 2.45) is 5.92 Å². The van der Waals surface area contributed by atoms with E-state index in [0.29, 0.717) is 0 Å². The number of piperidine rings is 1. The maximum absolute atomic E-state index is 10.6.